The van der Waals surface area contributed by atoms with E-state index in [1.807, 2.05) is 0 Å². The van der Waals surface area contributed by atoms with Crippen LogP contribution < -0.4 is 0 Å². The molecule has 1 nitrogen and oxygen atoms in total. The second-order valence-corrected chi connectivity index (χ2v) is 8.09. The summed E-state index contributed by atoms with van der Waals surface area (Å²) in [6.45, 7) is 19.9. The van der Waals surface area contributed by atoms with Crippen molar-refractivity contribution < 1.29 is 4.18 Å². The van der Waals surface area contributed by atoms with E-state index in [-0.39, 0.29) is 5.41 Å². The molecule has 0 rings (SSSR count). The maximum atomic E-state index is 5.81. The van der Waals surface area contributed by atoms with Crippen LogP contribution in [0.3, 0.4) is 0 Å². The fourth-order valence-electron chi connectivity index (χ4n) is 2.00. The van der Waals surface area contributed by atoms with Gasteiger partial charge in [-0.25, -0.2) is 0 Å². The highest BCUT2D eigenvalue weighted by Gasteiger charge is 2.33. The summed E-state index contributed by atoms with van der Waals surface area (Å²) in [5, 5.41) is 0.392. The van der Waals surface area contributed by atoms with E-state index in [1.54, 1.807) is 0 Å². The Morgan fingerprint density at radius 2 is 1.72 bits per heavy atom. The maximum absolute atomic E-state index is 5.81. The number of allylic oxidation sites excluding steroid dienone is 1. The van der Waals surface area contributed by atoms with Gasteiger partial charge in [0.1, 0.15) is 5.76 Å². The molecule has 108 valence electrons. The Kier molecular flexibility index (Phi) is 7.84. The zero-order valence-corrected chi connectivity index (χ0v) is 14.7. The topological polar surface area (TPSA) is 9.23 Å². The van der Waals surface area contributed by atoms with Crippen molar-refractivity contribution in [2.75, 3.05) is 5.75 Å². The third-order valence-electron chi connectivity index (χ3n) is 3.57. The van der Waals surface area contributed by atoms with Gasteiger partial charge in [-0.1, -0.05) is 48.1 Å². The van der Waals surface area contributed by atoms with E-state index in [1.165, 1.54) is 12.0 Å². The quantitative estimate of drug-likeness (QED) is 0.380. The zero-order chi connectivity index (χ0) is 14.5. The van der Waals surface area contributed by atoms with Crippen LogP contribution in [0.2, 0.25) is 0 Å². The smallest absolute Gasteiger partial charge is 0.110 e. The Balaban J connectivity index is 4.66. The maximum Gasteiger partial charge on any atom is 0.110 e. The van der Waals surface area contributed by atoms with Crippen LogP contribution >= 0.6 is 24.7 Å². The number of thiol groups is 1. The summed E-state index contributed by atoms with van der Waals surface area (Å²) in [4.78, 5) is 0. The number of rotatable bonds is 7. The lowest BCUT2D eigenvalue weighted by Gasteiger charge is -2.37. The summed E-state index contributed by atoms with van der Waals surface area (Å²) >= 11 is 5.75. The Morgan fingerprint density at radius 1 is 1.22 bits per heavy atom. The summed E-state index contributed by atoms with van der Waals surface area (Å²) < 4.78 is 5.81. The molecule has 18 heavy (non-hydrogen) atoms. The van der Waals surface area contributed by atoms with Crippen molar-refractivity contribution >= 4 is 24.7 Å². The van der Waals surface area contributed by atoms with Gasteiger partial charge in [0.2, 0.25) is 0 Å². The fourth-order valence-corrected chi connectivity index (χ4v) is 2.64. The lowest BCUT2D eigenvalue weighted by molar-refractivity contribution is 0.137. The lowest BCUT2D eigenvalue weighted by atomic mass is 9.70. The van der Waals surface area contributed by atoms with Crippen molar-refractivity contribution in [2.24, 2.45) is 23.2 Å². The molecular weight excluding hydrogens is 260 g/mol. The molecule has 0 aliphatic rings. The molecule has 0 amide bonds. The molecule has 0 radical (unpaired) electrons. The van der Waals surface area contributed by atoms with Gasteiger partial charge < -0.3 is 4.18 Å². The molecule has 0 saturated carbocycles. The normalized spacial score (nSPS) is 17.4. The molecule has 0 aromatic carbocycles. The van der Waals surface area contributed by atoms with Gasteiger partial charge in [0.25, 0.3) is 0 Å². The van der Waals surface area contributed by atoms with Gasteiger partial charge in [0.05, 0.1) is 12.0 Å². The SMILES string of the molecule is C=C(OSC(C)CS)C(C(C)C)C(C)C(C)(C)C. The molecule has 3 atom stereocenters. The van der Waals surface area contributed by atoms with Crippen molar-refractivity contribution in [3.63, 3.8) is 0 Å². The third-order valence-corrected chi connectivity index (χ3v) is 5.17. The number of hydrogen-bond donors (Lipinski definition) is 1. The van der Waals surface area contributed by atoms with E-state index >= 15 is 0 Å². The van der Waals surface area contributed by atoms with Crippen molar-refractivity contribution in [3.8, 4) is 0 Å². The molecule has 3 unspecified atom stereocenters. The van der Waals surface area contributed by atoms with Crippen LogP contribution in [-0.4, -0.2) is 11.0 Å². The summed E-state index contributed by atoms with van der Waals surface area (Å²) in [7, 11) is 0. The average Bonchev–Trinajstić information content (AvgIpc) is 2.24. The van der Waals surface area contributed by atoms with E-state index in [0.29, 0.717) is 23.0 Å². The molecule has 0 aromatic heterocycles. The summed E-state index contributed by atoms with van der Waals surface area (Å²) in [5.41, 5.74) is 0.265. The van der Waals surface area contributed by atoms with Gasteiger partial charge in [-0.3, -0.25) is 0 Å². The molecule has 0 fully saturated rings. The third kappa shape index (κ3) is 5.92. The van der Waals surface area contributed by atoms with Crippen LogP contribution in [0, 0.1) is 23.2 Å². The van der Waals surface area contributed by atoms with Crippen LogP contribution in [-0.2, 0) is 4.18 Å². The van der Waals surface area contributed by atoms with Gasteiger partial charge in [-0.05, 0) is 24.2 Å². The predicted molar refractivity (Wildman–Crippen MR) is 88.1 cm³/mol. The molecule has 3 heteroatoms. The summed E-state index contributed by atoms with van der Waals surface area (Å²) in [5.74, 6) is 3.20. The highest BCUT2D eigenvalue weighted by Crippen LogP contribution is 2.40. The van der Waals surface area contributed by atoms with E-state index in [9.17, 15) is 0 Å². The lowest BCUT2D eigenvalue weighted by Crippen LogP contribution is -2.30. The van der Waals surface area contributed by atoms with E-state index in [2.05, 4.69) is 67.7 Å². The molecular formula is C15H30OS2. The van der Waals surface area contributed by atoms with Gasteiger partial charge in [-0.15, -0.1) is 0 Å². The molecule has 0 aliphatic heterocycles. The standard InChI is InChI=1S/C15H30OS2/c1-10(2)14(12(4)15(6,7)8)13(5)16-18-11(3)9-17/h10-12,14,17H,5,9H2,1-4,6-8H3. The Hall–Kier alpha value is 0.240. The molecule has 0 aromatic rings. The Bertz CT molecular complexity index is 256. The van der Waals surface area contributed by atoms with Crippen LogP contribution in [0.1, 0.15) is 48.5 Å². The molecule has 0 saturated heterocycles. The first kappa shape index (κ1) is 18.2. The first-order valence-electron chi connectivity index (χ1n) is 6.74. The van der Waals surface area contributed by atoms with Crippen molar-refractivity contribution in [1.29, 1.82) is 0 Å². The highest BCUT2D eigenvalue weighted by atomic mass is 32.2. The summed E-state index contributed by atoms with van der Waals surface area (Å²) in [6.07, 6.45) is 0. The van der Waals surface area contributed by atoms with E-state index in [4.69, 9.17) is 4.18 Å². The average molecular weight is 291 g/mol. The second-order valence-electron chi connectivity index (χ2n) is 6.56. The second kappa shape index (κ2) is 7.74. The van der Waals surface area contributed by atoms with Crippen LogP contribution in [0.25, 0.3) is 0 Å². The monoisotopic (exact) mass is 290 g/mol. The highest BCUT2D eigenvalue weighted by molar-refractivity contribution is 7.96. The molecule has 0 spiro atoms. The molecule has 0 heterocycles. The first-order chi connectivity index (χ1) is 8.11. The van der Waals surface area contributed by atoms with Crippen LogP contribution in [0.4, 0.5) is 0 Å². The van der Waals surface area contributed by atoms with Crippen molar-refractivity contribution in [3.05, 3.63) is 12.3 Å². The minimum atomic E-state index is 0.265. The Labute approximate surface area is 124 Å². The first-order valence-corrected chi connectivity index (χ1v) is 8.18. The van der Waals surface area contributed by atoms with Gasteiger partial charge in [0.15, 0.2) is 0 Å². The summed E-state index contributed by atoms with van der Waals surface area (Å²) in [6, 6.07) is 0. The van der Waals surface area contributed by atoms with E-state index in [0.717, 1.165) is 11.5 Å². The van der Waals surface area contributed by atoms with Gasteiger partial charge in [0, 0.05) is 16.9 Å². The predicted octanol–water partition coefficient (Wildman–Crippen LogP) is 5.44. The zero-order valence-electron chi connectivity index (χ0n) is 13.0. The minimum absolute atomic E-state index is 0.265. The van der Waals surface area contributed by atoms with Crippen molar-refractivity contribution in [1.82, 2.24) is 0 Å². The molecule has 0 N–H and O–H groups in total. The number of hydrogen-bond acceptors (Lipinski definition) is 3. The van der Waals surface area contributed by atoms with Gasteiger partial charge >= 0.3 is 0 Å². The largest absolute Gasteiger partial charge is 0.430 e. The van der Waals surface area contributed by atoms with Gasteiger partial charge in [-0.2, -0.15) is 12.6 Å². The molecule has 0 aliphatic carbocycles. The van der Waals surface area contributed by atoms with E-state index < -0.39 is 0 Å². The fraction of sp³-hybridized carbons (Fsp3) is 0.867. The van der Waals surface area contributed by atoms with Crippen molar-refractivity contribution in [2.45, 2.75) is 53.7 Å². The molecule has 0 bridgehead atoms. The minimum Gasteiger partial charge on any atom is -0.430 e. The Morgan fingerprint density at radius 3 is 2.06 bits per heavy atom. The van der Waals surface area contributed by atoms with Crippen LogP contribution in [0.15, 0.2) is 12.3 Å². The van der Waals surface area contributed by atoms with Crippen LogP contribution in [0.5, 0.6) is 0 Å².